The van der Waals surface area contributed by atoms with Crippen LogP contribution in [-0.4, -0.2) is 36.1 Å². The number of nitrogens with zero attached hydrogens (tertiary/aromatic N) is 1. The Morgan fingerprint density at radius 3 is 2.67 bits per heavy atom. The molecule has 0 aliphatic heterocycles. The summed E-state index contributed by atoms with van der Waals surface area (Å²) in [6.45, 7) is 0. The summed E-state index contributed by atoms with van der Waals surface area (Å²) >= 11 is 0. The van der Waals surface area contributed by atoms with Crippen LogP contribution in [0.1, 0.15) is 42.6 Å². The summed E-state index contributed by atoms with van der Waals surface area (Å²) in [6.07, 6.45) is 5.08. The Morgan fingerprint density at radius 1 is 1.38 bits per heavy atom. The van der Waals surface area contributed by atoms with Crippen LogP contribution in [0.25, 0.3) is 0 Å². The zero-order valence-corrected chi connectivity index (χ0v) is 12.8. The molecule has 1 aliphatic carbocycles. The number of hydrogen-bond donors (Lipinski definition) is 3. The van der Waals surface area contributed by atoms with Gasteiger partial charge in [0, 0.05) is 13.2 Å². The molecule has 1 amide bonds. The molecule has 1 aromatic heterocycles. The van der Waals surface area contributed by atoms with Crippen molar-refractivity contribution in [3.63, 3.8) is 0 Å². The molecule has 7 nitrogen and oxygen atoms in total. The van der Waals surface area contributed by atoms with Crippen molar-refractivity contribution in [1.82, 2.24) is 9.88 Å². The van der Waals surface area contributed by atoms with Gasteiger partial charge in [-0.15, -0.1) is 0 Å². The summed E-state index contributed by atoms with van der Waals surface area (Å²) in [7, 11) is -2.26. The number of carbonyl (C=O) groups is 1. The Bertz CT molecular complexity index is 623. The normalized spacial score (nSPS) is 23.6. The van der Waals surface area contributed by atoms with E-state index < -0.39 is 22.0 Å². The number of rotatable bonds is 3. The van der Waals surface area contributed by atoms with Crippen LogP contribution in [0.15, 0.2) is 17.2 Å². The molecule has 8 heteroatoms. The second kappa shape index (κ2) is 6.17. The Balaban J connectivity index is 2.15. The van der Waals surface area contributed by atoms with E-state index in [1.165, 1.54) is 16.8 Å². The predicted octanol–water partition coefficient (Wildman–Crippen LogP) is 0.0959. The number of amides is 1. The summed E-state index contributed by atoms with van der Waals surface area (Å²) in [5.74, 6) is -0.404. The number of aromatic nitrogens is 1. The number of sulfonamides is 1. The number of aliphatic hydroxyl groups is 1. The van der Waals surface area contributed by atoms with Gasteiger partial charge in [-0.1, -0.05) is 19.3 Å². The summed E-state index contributed by atoms with van der Waals surface area (Å²) in [5, 5.41) is 17.8. The van der Waals surface area contributed by atoms with Gasteiger partial charge in [-0.3, -0.25) is 4.79 Å². The van der Waals surface area contributed by atoms with Crippen molar-refractivity contribution in [3.8, 4) is 0 Å². The van der Waals surface area contributed by atoms with Crippen molar-refractivity contribution < 1.29 is 18.3 Å². The van der Waals surface area contributed by atoms with E-state index in [1.807, 2.05) is 0 Å². The van der Waals surface area contributed by atoms with Crippen LogP contribution < -0.4 is 10.5 Å². The summed E-state index contributed by atoms with van der Waals surface area (Å²) < 4.78 is 24.0. The smallest absolute Gasteiger partial charge is 0.268 e. The molecular weight excluding hydrogens is 294 g/mol. The minimum atomic E-state index is -3.84. The highest BCUT2D eigenvalue weighted by atomic mass is 32.2. The lowest BCUT2D eigenvalue weighted by molar-refractivity contribution is 0.0811. The van der Waals surface area contributed by atoms with Crippen LogP contribution in [0, 0.1) is 0 Å². The van der Waals surface area contributed by atoms with Crippen LogP contribution >= 0.6 is 0 Å². The quantitative estimate of drug-likeness (QED) is 0.686. The van der Waals surface area contributed by atoms with Gasteiger partial charge in [0.05, 0.1) is 12.1 Å². The van der Waals surface area contributed by atoms with E-state index in [0.29, 0.717) is 6.42 Å². The predicted molar refractivity (Wildman–Crippen MR) is 77.1 cm³/mol. The Labute approximate surface area is 124 Å². The number of carbonyl (C=O) groups excluding carboxylic acids is 1. The number of aliphatic hydroxyl groups excluding tert-OH is 1. The van der Waals surface area contributed by atoms with Crippen molar-refractivity contribution in [2.45, 2.75) is 49.1 Å². The average molecular weight is 315 g/mol. The SMILES string of the molecule is Cn1cc(S(N)(=O)=O)cc1C(=O)NC1CCCCCC1O. The van der Waals surface area contributed by atoms with Crippen molar-refractivity contribution in [3.05, 3.63) is 18.0 Å². The first-order valence-corrected chi connectivity index (χ1v) is 8.52. The molecule has 1 fully saturated rings. The lowest BCUT2D eigenvalue weighted by Crippen LogP contribution is -2.43. The number of hydrogen-bond acceptors (Lipinski definition) is 4. The monoisotopic (exact) mass is 315 g/mol. The summed E-state index contributed by atoms with van der Waals surface area (Å²) in [5.41, 5.74) is 0.204. The lowest BCUT2D eigenvalue weighted by atomic mass is 10.1. The van der Waals surface area contributed by atoms with Gasteiger partial charge in [-0.25, -0.2) is 13.6 Å². The largest absolute Gasteiger partial charge is 0.391 e. The van der Waals surface area contributed by atoms with E-state index in [0.717, 1.165) is 25.7 Å². The highest BCUT2D eigenvalue weighted by Gasteiger charge is 2.25. The van der Waals surface area contributed by atoms with E-state index in [1.54, 1.807) is 7.05 Å². The fourth-order valence-corrected chi connectivity index (χ4v) is 3.20. The fraction of sp³-hybridized carbons (Fsp3) is 0.615. The van der Waals surface area contributed by atoms with Gasteiger partial charge in [-0.2, -0.15) is 0 Å². The molecule has 1 saturated carbocycles. The second-order valence-corrected chi connectivity index (χ2v) is 7.06. The van der Waals surface area contributed by atoms with Crippen molar-refractivity contribution in [2.75, 3.05) is 0 Å². The van der Waals surface area contributed by atoms with Gasteiger partial charge in [0.25, 0.3) is 5.91 Å². The van der Waals surface area contributed by atoms with Crippen molar-refractivity contribution in [2.24, 2.45) is 12.2 Å². The van der Waals surface area contributed by atoms with E-state index in [2.05, 4.69) is 5.32 Å². The fourth-order valence-electron chi connectivity index (χ4n) is 2.61. The highest BCUT2D eigenvalue weighted by Crippen LogP contribution is 2.19. The number of nitrogens with one attached hydrogen (secondary N) is 1. The summed E-state index contributed by atoms with van der Waals surface area (Å²) in [6, 6.07) is 0.945. The van der Waals surface area contributed by atoms with E-state index in [-0.39, 0.29) is 16.6 Å². The average Bonchev–Trinajstić information content (AvgIpc) is 2.68. The molecule has 2 rings (SSSR count). The van der Waals surface area contributed by atoms with Gasteiger partial charge < -0.3 is 15.0 Å². The molecule has 118 valence electrons. The van der Waals surface area contributed by atoms with Crippen LogP contribution in [0.4, 0.5) is 0 Å². The standard InChI is InChI=1S/C13H21N3O4S/c1-16-8-9(21(14,19)20)7-11(16)13(18)15-10-5-3-2-4-6-12(10)17/h7-8,10,12,17H,2-6H2,1H3,(H,15,18)(H2,14,19,20). The highest BCUT2D eigenvalue weighted by molar-refractivity contribution is 7.89. The van der Waals surface area contributed by atoms with Crippen LogP contribution in [0.3, 0.4) is 0 Å². The molecule has 0 aromatic carbocycles. The van der Waals surface area contributed by atoms with Gasteiger partial charge in [-0.05, 0) is 18.9 Å². The van der Waals surface area contributed by atoms with Gasteiger partial charge in [0.2, 0.25) is 10.0 Å². The molecule has 0 spiro atoms. The Morgan fingerprint density at radius 2 is 2.05 bits per heavy atom. The maximum Gasteiger partial charge on any atom is 0.268 e. The number of aryl methyl sites for hydroxylation is 1. The molecule has 1 heterocycles. The first-order chi connectivity index (χ1) is 9.79. The molecular formula is C13H21N3O4S. The molecule has 4 N–H and O–H groups in total. The van der Waals surface area contributed by atoms with Crippen LogP contribution in [0.5, 0.6) is 0 Å². The number of primary sulfonamides is 1. The minimum Gasteiger partial charge on any atom is -0.391 e. The Kier molecular flexibility index (Phi) is 4.70. The zero-order valence-electron chi connectivity index (χ0n) is 11.9. The lowest BCUT2D eigenvalue weighted by Gasteiger charge is -2.21. The van der Waals surface area contributed by atoms with Crippen LogP contribution in [0.2, 0.25) is 0 Å². The van der Waals surface area contributed by atoms with Gasteiger partial charge in [0.1, 0.15) is 10.6 Å². The molecule has 0 radical (unpaired) electrons. The molecule has 0 bridgehead atoms. The third kappa shape index (κ3) is 3.84. The third-order valence-corrected chi connectivity index (χ3v) is 4.72. The maximum absolute atomic E-state index is 12.3. The van der Waals surface area contributed by atoms with E-state index in [4.69, 9.17) is 5.14 Å². The number of nitrogens with two attached hydrogens (primary N) is 1. The summed E-state index contributed by atoms with van der Waals surface area (Å²) in [4.78, 5) is 12.2. The zero-order chi connectivity index (χ0) is 15.6. The molecule has 1 aromatic rings. The first-order valence-electron chi connectivity index (χ1n) is 6.97. The molecule has 2 atom stereocenters. The van der Waals surface area contributed by atoms with E-state index >= 15 is 0 Å². The van der Waals surface area contributed by atoms with E-state index in [9.17, 15) is 18.3 Å². The third-order valence-electron chi connectivity index (χ3n) is 3.84. The molecule has 1 aliphatic rings. The van der Waals surface area contributed by atoms with Crippen molar-refractivity contribution in [1.29, 1.82) is 0 Å². The van der Waals surface area contributed by atoms with Crippen LogP contribution in [-0.2, 0) is 17.1 Å². The topological polar surface area (TPSA) is 114 Å². The van der Waals surface area contributed by atoms with Gasteiger partial charge >= 0.3 is 0 Å². The maximum atomic E-state index is 12.3. The molecule has 21 heavy (non-hydrogen) atoms. The van der Waals surface area contributed by atoms with Gasteiger partial charge in [0.15, 0.2) is 0 Å². The Hall–Kier alpha value is -1.38. The van der Waals surface area contributed by atoms with Crippen molar-refractivity contribution >= 4 is 15.9 Å². The molecule has 2 unspecified atom stereocenters. The minimum absolute atomic E-state index is 0.100. The first kappa shape index (κ1) is 16.0. The second-order valence-electron chi connectivity index (χ2n) is 5.50. The molecule has 0 saturated heterocycles.